The number of carbonyl (C=O) groups excluding carboxylic acids is 1. The predicted molar refractivity (Wildman–Crippen MR) is 201 cm³/mol. The SMILES string of the molecule is O=C(N1C(c2ccccc2)=NC(Cc2ccccc2)C1c1ccc(F)cc1)N1C(c2ccccc2)=NC(Cc2ccccc2)C1c1ccc(F)cc1. The fourth-order valence-corrected chi connectivity index (χ4v) is 7.41. The van der Waals surface area contributed by atoms with Gasteiger partial charge in [0.15, 0.2) is 0 Å². The van der Waals surface area contributed by atoms with E-state index in [4.69, 9.17) is 9.98 Å². The third-order valence-corrected chi connectivity index (χ3v) is 9.79. The number of benzene rings is 6. The van der Waals surface area contributed by atoms with E-state index in [2.05, 4.69) is 24.3 Å². The summed E-state index contributed by atoms with van der Waals surface area (Å²) in [6, 6.07) is 50.1. The van der Waals surface area contributed by atoms with E-state index in [9.17, 15) is 8.78 Å². The summed E-state index contributed by atoms with van der Waals surface area (Å²) in [7, 11) is 0. The van der Waals surface area contributed by atoms with Crippen LogP contribution in [0, 0.1) is 11.6 Å². The molecule has 6 aromatic rings. The maximum atomic E-state index is 15.9. The van der Waals surface area contributed by atoms with E-state index in [1.807, 2.05) is 97.1 Å². The van der Waals surface area contributed by atoms with Crippen LogP contribution in [-0.4, -0.2) is 39.6 Å². The summed E-state index contributed by atoms with van der Waals surface area (Å²) in [5.74, 6) is 0.332. The molecule has 0 saturated heterocycles. The number of halogens is 2. The lowest BCUT2D eigenvalue weighted by molar-refractivity contribution is 0.174. The number of carbonyl (C=O) groups is 1. The van der Waals surface area contributed by atoms with Crippen molar-refractivity contribution in [3.05, 3.63) is 215 Å². The van der Waals surface area contributed by atoms with Crippen molar-refractivity contribution in [2.45, 2.75) is 37.0 Å². The van der Waals surface area contributed by atoms with E-state index in [-0.39, 0.29) is 29.7 Å². The molecule has 0 spiro atoms. The van der Waals surface area contributed by atoms with Gasteiger partial charge in [-0.1, -0.05) is 146 Å². The van der Waals surface area contributed by atoms with Crippen molar-refractivity contribution in [1.82, 2.24) is 9.80 Å². The van der Waals surface area contributed by atoms with Crippen LogP contribution >= 0.6 is 0 Å². The molecule has 0 saturated carbocycles. The topological polar surface area (TPSA) is 48.3 Å². The lowest BCUT2D eigenvalue weighted by atomic mass is 9.93. The zero-order chi connectivity index (χ0) is 35.4. The summed E-state index contributed by atoms with van der Waals surface area (Å²) in [6.45, 7) is 0. The largest absolute Gasteiger partial charge is 0.332 e. The minimum absolute atomic E-state index is 0.319. The van der Waals surface area contributed by atoms with Crippen molar-refractivity contribution in [3.63, 3.8) is 0 Å². The molecule has 0 radical (unpaired) electrons. The fraction of sp³-hybridized carbons (Fsp3) is 0.133. The molecule has 2 aliphatic rings. The third kappa shape index (κ3) is 6.65. The Morgan fingerprint density at radius 3 is 1.13 bits per heavy atom. The molecule has 52 heavy (non-hydrogen) atoms. The quantitative estimate of drug-likeness (QED) is 0.157. The molecule has 7 heteroatoms. The number of rotatable bonds is 8. The zero-order valence-electron chi connectivity index (χ0n) is 28.3. The van der Waals surface area contributed by atoms with E-state index in [0.717, 1.165) is 33.4 Å². The highest BCUT2D eigenvalue weighted by Crippen LogP contribution is 2.42. The first-order valence-corrected chi connectivity index (χ1v) is 17.5. The zero-order valence-corrected chi connectivity index (χ0v) is 28.3. The molecule has 2 heterocycles. The van der Waals surface area contributed by atoms with Crippen LogP contribution in [0.4, 0.5) is 13.6 Å². The number of amidine groups is 2. The van der Waals surface area contributed by atoms with E-state index >= 15 is 4.79 Å². The maximum absolute atomic E-state index is 15.9. The van der Waals surface area contributed by atoms with Crippen molar-refractivity contribution in [3.8, 4) is 0 Å². The van der Waals surface area contributed by atoms with Gasteiger partial charge >= 0.3 is 6.03 Å². The average molecular weight is 687 g/mol. The molecular formula is C45H36F2N4O. The highest BCUT2D eigenvalue weighted by molar-refractivity contribution is 6.16. The lowest BCUT2D eigenvalue weighted by Crippen LogP contribution is -2.50. The summed E-state index contributed by atoms with van der Waals surface area (Å²) in [5, 5.41) is 0. The Bertz CT molecular complexity index is 2040. The molecule has 0 fully saturated rings. The Balaban J connectivity index is 1.31. The second-order valence-electron chi connectivity index (χ2n) is 13.2. The van der Waals surface area contributed by atoms with Crippen LogP contribution in [0.5, 0.6) is 0 Å². The average Bonchev–Trinajstić information content (AvgIpc) is 3.76. The number of amides is 2. The molecular weight excluding hydrogens is 651 g/mol. The van der Waals surface area contributed by atoms with E-state index < -0.39 is 12.1 Å². The van der Waals surface area contributed by atoms with Crippen LogP contribution in [0.2, 0.25) is 0 Å². The van der Waals surface area contributed by atoms with Gasteiger partial charge in [-0.25, -0.2) is 13.6 Å². The van der Waals surface area contributed by atoms with Crippen LogP contribution in [0.25, 0.3) is 0 Å². The molecule has 256 valence electrons. The van der Waals surface area contributed by atoms with Crippen LogP contribution in [0.1, 0.15) is 45.5 Å². The van der Waals surface area contributed by atoms with Gasteiger partial charge in [-0.2, -0.15) is 0 Å². The van der Waals surface area contributed by atoms with Gasteiger partial charge in [-0.15, -0.1) is 0 Å². The van der Waals surface area contributed by atoms with Crippen molar-refractivity contribution in [2.75, 3.05) is 0 Å². The highest BCUT2D eigenvalue weighted by atomic mass is 19.1. The molecule has 2 aliphatic heterocycles. The van der Waals surface area contributed by atoms with Crippen LogP contribution in [0.3, 0.4) is 0 Å². The molecule has 2 amide bonds. The van der Waals surface area contributed by atoms with Gasteiger partial charge in [0.2, 0.25) is 0 Å². The van der Waals surface area contributed by atoms with Crippen molar-refractivity contribution in [1.29, 1.82) is 0 Å². The standard InChI is InChI=1S/C45H36F2N4O/c46-37-25-21-33(22-26-37)41-39(29-31-13-5-1-6-14-31)48-43(35-17-9-3-10-18-35)50(41)45(52)51-42(34-23-27-38(47)28-24-34)40(30-32-15-7-2-8-16-32)49-44(51)36-19-11-4-12-20-36/h1-28,39-42H,29-30H2. The third-order valence-electron chi connectivity index (χ3n) is 9.79. The van der Waals surface area contributed by atoms with Crippen molar-refractivity contribution < 1.29 is 13.6 Å². The molecule has 5 nitrogen and oxygen atoms in total. The van der Waals surface area contributed by atoms with E-state index in [1.54, 1.807) is 34.1 Å². The summed E-state index contributed by atoms with van der Waals surface area (Å²) in [6.07, 6.45) is 1.11. The lowest BCUT2D eigenvalue weighted by Gasteiger charge is -2.36. The first-order chi connectivity index (χ1) is 25.5. The number of urea groups is 1. The number of aliphatic imine (C=N–C) groups is 2. The van der Waals surface area contributed by atoms with Gasteiger partial charge in [-0.3, -0.25) is 19.8 Å². The first-order valence-electron chi connectivity index (χ1n) is 17.5. The molecule has 0 aromatic heterocycles. The number of hydrogen-bond acceptors (Lipinski definition) is 3. The molecule has 8 rings (SSSR count). The van der Waals surface area contributed by atoms with E-state index in [1.165, 1.54) is 24.3 Å². The Labute approximate surface area is 302 Å². The second kappa shape index (κ2) is 14.6. The Hall–Kier alpha value is -6.21. The molecule has 4 atom stereocenters. The van der Waals surface area contributed by atoms with Gasteiger partial charge in [0.05, 0.1) is 24.2 Å². The number of hydrogen-bond donors (Lipinski definition) is 0. The summed E-state index contributed by atoms with van der Waals surface area (Å²) >= 11 is 0. The number of nitrogens with zero attached hydrogens (tertiary/aromatic N) is 4. The molecule has 0 N–H and O–H groups in total. The van der Waals surface area contributed by atoms with Gasteiger partial charge in [0.1, 0.15) is 23.3 Å². The summed E-state index contributed by atoms with van der Waals surface area (Å²) in [4.78, 5) is 30.0. The predicted octanol–water partition coefficient (Wildman–Crippen LogP) is 9.61. The molecule has 0 bridgehead atoms. The molecule has 6 aromatic carbocycles. The van der Waals surface area contributed by atoms with Gasteiger partial charge in [0, 0.05) is 11.1 Å². The summed E-state index contributed by atoms with van der Waals surface area (Å²) < 4.78 is 28.9. The monoisotopic (exact) mass is 686 g/mol. The van der Waals surface area contributed by atoms with Gasteiger partial charge < -0.3 is 0 Å². The minimum Gasteiger partial charge on any atom is -0.268 e. The smallest absolute Gasteiger partial charge is 0.268 e. The normalized spacial score (nSPS) is 19.7. The van der Waals surface area contributed by atoms with Gasteiger partial charge in [0.25, 0.3) is 0 Å². The molecule has 0 aliphatic carbocycles. The van der Waals surface area contributed by atoms with E-state index in [0.29, 0.717) is 24.5 Å². The second-order valence-corrected chi connectivity index (χ2v) is 13.2. The minimum atomic E-state index is -0.567. The summed E-state index contributed by atoms with van der Waals surface area (Å²) in [5.41, 5.74) is 5.25. The van der Waals surface area contributed by atoms with Crippen LogP contribution < -0.4 is 0 Å². The van der Waals surface area contributed by atoms with Crippen LogP contribution in [0.15, 0.2) is 180 Å². The van der Waals surface area contributed by atoms with Crippen molar-refractivity contribution in [2.24, 2.45) is 9.98 Å². The Kier molecular flexibility index (Phi) is 9.23. The van der Waals surface area contributed by atoms with Crippen molar-refractivity contribution >= 4 is 17.7 Å². The Morgan fingerprint density at radius 2 is 0.788 bits per heavy atom. The fourth-order valence-electron chi connectivity index (χ4n) is 7.41. The van der Waals surface area contributed by atoms with Crippen LogP contribution in [-0.2, 0) is 12.8 Å². The molecule has 4 unspecified atom stereocenters. The first kappa shape index (κ1) is 33.0. The Morgan fingerprint density at radius 1 is 0.462 bits per heavy atom. The maximum Gasteiger partial charge on any atom is 0.332 e. The highest BCUT2D eigenvalue weighted by Gasteiger charge is 2.49. The van der Waals surface area contributed by atoms with Gasteiger partial charge in [-0.05, 0) is 59.4 Å².